The van der Waals surface area contributed by atoms with E-state index in [2.05, 4.69) is 5.32 Å². The van der Waals surface area contributed by atoms with Crippen molar-refractivity contribution >= 4 is 11.8 Å². The molecule has 0 aliphatic heterocycles. The monoisotopic (exact) mass is 248 g/mol. The number of carbonyl (C=O) groups excluding carboxylic acids is 2. The predicted octanol–water partition coefficient (Wildman–Crippen LogP) is 1.77. The van der Waals surface area contributed by atoms with Gasteiger partial charge in [-0.25, -0.2) is 0 Å². The van der Waals surface area contributed by atoms with Gasteiger partial charge < -0.3 is 11.1 Å². The van der Waals surface area contributed by atoms with Crippen molar-refractivity contribution in [3.05, 3.63) is 35.9 Å². The van der Waals surface area contributed by atoms with Gasteiger partial charge >= 0.3 is 0 Å². The largest absolute Gasteiger partial charge is 0.368 e. The molecule has 0 aliphatic rings. The van der Waals surface area contributed by atoms with Crippen LogP contribution in [0.1, 0.15) is 38.8 Å². The van der Waals surface area contributed by atoms with E-state index >= 15 is 0 Å². The first kappa shape index (κ1) is 14.2. The number of benzene rings is 1. The number of nitrogens with one attached hydrogen (secondary N) is 1. The molecule has 1 aromatic carbocycles. The van der Waals surface area contributed by atoms with Gasteiger partial charge in [0.15, 0.2) is 0 Å². The predicted molar refractivity (Wildman–Crippen MR) is 70.6 cm³/mol. The van der Waals surface area contributed by atoms with Crippen molar-refractivity contribution in [3.63, 3.8) is 0 Å². The topological polar surface area (TPSA) is 72.2 Å². The van der Waals surface area contributed by atoms with E-state index in [0.717, 1.165) is 0 Å². The smallest absolute Gasteiger partial charge is 0.244 e. The molecule has 3 N–H and O–H groups in total. The molecule has 0 fully saturated rings. The SMILES string of the molecule is CC(C)(C)CC(=O)NC(C(N)=O)c1ccccc1. The number of rotatable bonds is 4. The highest BCUT2D eigenvalue weighted by Crippen LogP contribution is 2.19. The van der Waals surface area contributed by atoms with E-state index in [4.69, 9.17) is 5.73 Å². The van der Waals surface area contributed by atoms with Crippen LogP contribution in [0.3, 0.4) is 0 Å². The summed E-state index contributed by atoms with van der Waals surface area (Å²) in [6.07, 6.45) is 0.351. The summed E-state index contributed by atoms with van der Waals surface area (Å²) in [7, 11) is 0. The number of hydrogen-bond donors (Lipinski definition) is 2. The molecule has 0 radical (unpaired) electrons. The lowest BCUT2D eigenvalue weighted by Gasteiger charge is -2.21. The van der Waals surface area contributed by atoms with Gasteiger partial charge in [0, 0.05) is 6.42 Å². The molecule has 18 heavy (non-hydrogen) atoms. The van der Waals surface area contributed by atoms with Gasteiger partial charge in [-0.05, 0) is 11.0 Å². The highest BCUT2D eigenvalue weighted by molar-refractivity contribution is 5.87. The van der Waals surface area contributed by atoms with Crippen LogP contribution in [0.4, 0.5) is 0 Å². The maximum atomic E-state index is 11.8. The van der Waals surface area contributed by atoms with Gasteiger partial charge in [0.05, 0.1) is 0 Å². The summed E-state index contributed by atoms with van der Waals surface area (Å²) in [6, 6.07) is 8.24. The zero-order valence-corrected chi connectivity index (χ0v) is 11.1. The zero-order valence-electron chi connectivity index (χ0n) is 11.1. The van der Waals surface area contributed by atoms with Gasteiger partial charge in [0.2, 0.25) is 11.8 Å². The molecule has 0 saturated carbocycles. The average Bonchev–Trinajstić information content (AvgIpc) is 2.24. The molecule has 0 bridgehead atoms. The summed E-state index contributed by atoms with van der Waals surface area (Å²) < 4.78 is 0. The van der Waals surface area contributed by atoms with E-state index in [-0.39, 0.29) is 11.3 Å². The molecule has 0 heterocycles. The lowest BCUT2D eigenvalue weighted by molar-refractivity contribution is -0.128. The van der Waals surface area contributed by atoms with Crippen LogP contribution in [0.25, 0.3) is 0 Å². The van der Waals surface area contributed by atoms with Crippen LogP contribution in [0, 0.1) is 5.41 Å². The minimum absolute atomic E-state index is 0.122. The summed E-state index contributed by atoms with van der Waals surface area (Å²) in [4.78, 5) is 23.2. The van der Waals surface area contributed by atoms with Gasteiger partial charge in [-0.1, -0.05) is 51.1 Å². The van der Waals surface area contributed by atoms with E-state index in [9.17, 15) is 9.59 Å². The summed E-state index contributed by atoms with van der Waals surface area (Å²) in [5.41, 5.74) is 5.91. The number of amides is 2. The van der Waals surface area contributed by atoms with Gasteiger partial charge in [0.25, 0.3) is 0 Å². The van der Waals surface area contributed by atoms with Gasteiger partial charge in [-0.15, -0.1) is 0 Å². The van der Waals surface area contributed by atoms with Crippen LogP contribution in [-0.4, -0.2) is 11.8 Å². The Labute approximate surface area is 108 Å². The third-order valence-electron chi connectivity index (χ3n) is 2.41. The molecule has 0 aliphatic carbocycles. The first-order chi connectivity index (χ1) is 8.29. The highest BCUT2D eigenvalue weighted by atomic mass is 16.2. The standard InChI is InChI=1S/C14H20N2O2/c1-14(2,3)9-11(17)16-12(13(15)18)10-7-5-4-6-8-10/h4-8,12H,9H2,1-3H3,(H2,15,18)(H,16,17). The van der Waals surface area contributed by atoms with E-state index in [1.165, 1.54) is 0 Å². The number of nitrogens with two attached hydrogens (primary N) is 1. The Morgan fingerprint density at radius 1 is 1.22 bits per heavy atom. The summed E-state index contributed by atoms with van der Waals surface area (Å²) >= 11 is 0. The minimum atomic E-state index is -0.763. The number of primary amides is 1. The second-order valence-corrected chi connectivity index (χ2v) is 5.55. The van der Waals surface area contributed by atoms with E-state index < -0.39 is 11.9 Å². The number of hydrogen-bond acceptors (Lipinski definition) is 2. The minimum Gasteiger partial charge on any atom is -0.368 e. The Hall–Kier alpha value is -1.84. The van der Waals surface area contributed by atoms with Crippen molar-refractivity contribution in [2.75, 3.05) is 0 Å². The van der Waals surface area contributed by atoms with Crippen molar-refractivity contribution < 1.29 is 9.59 Å². The molecule has 98 valence electrons. The Morgan fingerprint density at radius 3 is 2.22 bits per heavy atom. The zero-order chi connectivity index (χ0) is 13.8. The maximum Gasteiger partial charge on any atom is 0.244 e. The fraction of sp³-hybridized carbons (Fsp3) is 0.429. The molecule has 1 atom stereocenters. The average molecular weight is 248 g/mol. The Bertz CT molecular complexity index is 421. The molecule has 0 aromatic heterocycles. The second kappa shape index (κ2) is 5.67. The Balaban J connectivity index is 2.77. The third kappa shape index (κ3) is 4.57. The van der Waals surface area contributed by atoms with Crippen LogP contribution < -0.4 is 11.1 Å². The molecule has 0 saturated heterocycles. The first-order valence-corrected chi connectivity index (χ1v) is 5.93. The molecule has 0 spiro atoms. The number of carbonyl (C=O) groups is 2. The van der Waals surface area contributed by atoms with Crippen LogP contribution in [0.15, 0.2) is 30.3 Å². The van der Waals surface area contributed by atoms with E-state index in [1.54, 1.807) is 24.3 Å². The van der Waals surface area contributed by atoms with Crippen molar-refractivity contribution in [1.82, 2.24) is 5.32 Å². The van der Waals surface area contributed by atoms with Crippen molar-refractivity contribution in [3.8, 4) is 0 Å². The maximum absolute atomic E-state index is 11.8. The van der Waals surface area contributed by atoms with Crippen molar-refractivity contribution in [1.29, 1.82) is 0 Å². The molecule has 2 amide bonds. The Kier molecular flexibility index (Phi) is 4.48. The fourth-order valence-corrected chi connectivity index (χ4v) is 1.66. The normalized spacial score (nSPS) is 12.8. The van der Waals surface area contributed by atoms with Gasteiger partial charge in [-0.2, -0.15) is 0 Å². The molecular weight excluding hydrogens is 228 g/mol. The lowest BCUT2D eigenvalue weighted by Crippen LogP contribution is -2.38. The fourth-order valence-electron chi connectivity index (χ4n) is 1.66. The summed E-state index contributed by atoms with van der Waals surface area (Å²) in [5, 5.41) is 2.68. The van der Waals surface area contributed by atoms with E-state index in [1.807, 2.05) is 26.8 Å². The molecule has 1 rings (SSSR count). The second-order valence-electron chi connectivity index (χ2n) is 5.55. The van der Waals surface area contributed by atoms with E-state index in [0.29, 0.717) is 12.0 Å². The molecular formula is C14H20N2O2. The molecule has 1 unspecified atom stereocenters. The molecule has 4 nitrogen and oxygen atoms in total. The third-order valence-corrected chi connectivity index (χ3v) is 2.41. The van der Waals surface area contributed by atoms with Crippen LogP contribution >= 0.6 is 0 Å². The van der Waals surface area contributed by atoms with Crippen LogP contribution in [-0.2, 0) is 9.59 Å². The van der Waals surface area contributed by atoms with Crippen LogP contribution in [0.5, 0.6) is 0 Å². The van der Waals surface area contributed by atoms with Crippen LogP contribution in [0.2, 0.25) is 0 Å². The van der Waals surface area contributed by atoms with Gasteiger partial charge in [0.1, 0.15) is 6.04 Å². The van der Waals surface area contributed by atoms with Crippen molar-refractivity contribution in [2.24, 2.45) is 11.1 Å². The first-order valence-electron chi connectivity index (χ1n) is 5.93. The summed E-state index contributed by atoms with van der Waals surface area (Å²) in [6.45, 7) is 5.90. The lowest BCUT2D eigenvalue weighted by atomic mass is 9.91. The molecule has 1 aromatic rings. The highest BCUT2D eigenvalue weighted by Gasteiger charge is 2.22. The molecule has 4 heteroatoms. The van der Waals surface area contributed by atoms with Gasteiger partial charge in [-0.3, -0.25) is 9.59 Å². The summed E-state index contributed by atoms with van der Waals surface area (Å²) in [5.74, 6) is -0.724. The quantitative estimate of drug-likeness (QED) is 0.852. The van der Waals surface area contributed by atoms with Crippen molar-refractivity contribution in [2.45, 2.75) is 33.2 Å². The Morgan fingerprint density at radius 2 is 1.78 bits per heavy atom.